The Hall–Kier alpha value is -2.75. The number of fused-ring (bicyclic) bond motifs is 2. The number of Topliss-reactive ketones (excluding diaryl/α,β-unsaturated/α-hetero) is 1. The largest absolute Gasteiger partial charge is 0.300 e. The highest BCUT2D eigenvalue weighted by Crippen LogP contribution is 2.23. The molecule has 4 heteroatoms. The fourth-order valence-corrected chi connectivity index (χ4v) is 3.19. The second-order valence-corrected chi connectivity index (χ2v) is 6.44. The highest BCUT2D eigenvalue weighted by atomic mass is 16.1. The van der Waals surface area contributed by atoms with Crippen molar-refractivity contribution in [2.75, 3.05) is 0 Å². The van der Waals surface area contributed by atoms with Crippen LogP contribution in [0.25, 0.3) is 10.9 Å². The van der Waals surface area contributed by atoms with Crippen molar-refractivity contribution in [3.05, 3.63) is 64.3 Å². The number of hydrogen-bond acceptors (Lipinski definition) is 3. The summed E-state index contributed by atoms with van der Waals surface area (Å²) in [6.45, 7) is 6.43. The van der Waals surface area contributed by atoms with Gasteiger partial charge in [0.1, 0.15) is 5.78 Å². The average molecular weight is 351 g/mol. The first-order valence-corrected chi connectivity index (χ1v) is 9.26. The Morgan fingerprint density at radius 2 is 1.96 bits per heavy atom. The van der Waals surface area contributed by atoms with E-state index in [4.69, 9.17) is 0 Å². The Morgan fingerprint density at radius 3 is 2.77 bits per heavy atom. The van der Waals surface area contributed by atoms with E-state index in [9.17, 15) is 4.79 Å². The van der Waals surface area contributed by atoms with Gasteiger partial charge in [0.05, 0.1) is 12.1 Å². The van der Waals surface area contributed by atoms with Crippen molar-refractivity contribution in [1.82, 2.24) is 10.2 Å². The van der Waals surface area contributed by atoms with E-state index in [1.165, 1.54) is 22.3 Å². The predicted molar refractivity (Wildman–Crippen MR) is 111 cm³/mol. The molecule has 0 atom stereocenters. The molecule has 4 rings (SSSR count). The number of hydrogen-bond donors (Lipinski definition) is 1. The lowest BCUT2D eigenvalue weighted by Crippen LogP contribution is -1.95. The number of ketones is 1. The lowest BCUT2D eigenvalue weighted by Gasteiger charge is -2.04. The SMILES string of the molecule is CC.CC(=O)CCc1ccc2n[nH]c(Cc3ccc4c(c3)C=NC4)c2c1.[HH].[HH]. The van der Waals surface area contributed by atoms with E-state index < -0.39 is 0 Å². The molecular formula is C22H29N3O. The number of carbonyl (C=O) groups excluding carboxylic acids is 1. The van der Waals surface area contributed by atoms with Gasteiger partial charge >= 0.3 is 0 Å². The van der Waals surface area contributed by atoms with Crippen molar-refractivity contribution in [3.63, 3.8) is 0 Å². The van der Waals surface area contributed by atoms with Crippen molar-refractivity contribution in [3.8, 4) is 0 Å². The van der Waals surface area contributed by atoms with E-state index in [0.717, 1.165) is 36.0 Å². The zero-order valence-corrected chi connectivity index (χ0v) is 15.7. The summed E-state index contributed by atoms with van der Waals surface area (Å²) in [4.78, 5) is 15.5. The molecule has 0 amide bonds. The van der Waals surface area contributed by atoms with Crippen molar-refractivity contribution in [2.45, 2.75) is 46.6 Å². The third-order valence-electron chi connectivity index (χ3n) is 4.55. The summed E-state index contributed by atoms with van der Waals surface area (Å²) in [5.41, 5.74) is 7.03. The molecule has 0 radical (unpaired) electrons. The van der Waals surface area contributed by atoms with Gasteiger partial charge in [0.15, 0.2) is 0 Å². The second kappa shape index (κ2) is 8.09. The number of nitrogens with one attached hydrogen (secondary N) is 1. The van der Waals surface area contributed by atoms with E-state index >= 15 is 0 Å². The van der Waals surface area contributed by atoms with Crippen LogP contribution in [0.2, 0.25) is 0 Å². The highest BCUT2D eigenvalue weighted by Gasteiger charge is 2.10. The maximum Gasteiger partial charge on any atom is 0.130 e. The average Bonchev–Trinajstić information content (AvgIpc) is 3.28. The van der Waals surface area contributed by atoms with Gasteiger partial charge in [-0.15, -0.1) is 0 Å². The van der Waals surface area contributed by atoms with Crippen LogP contribution in [0.1, 0.15) is 58.0 Å². The van der Waals surface area contributed by atoms with Gasteiger partial charge in [-0.05, 0) is 53.8 Å². The zero-order chi connectivity index (χ0) is 18.5. The molecule has 4 nitrogen and oxygen atoms in total. The third kappa shape index (κ3) is 3.90. The molecule has 1 aliphatic rings. The Bertz CT molecular complexity index is 964. The molecular weight excluding hydrogens is 322 g/mol. The second-order valence-electron chi connectivity index (χ2n) is 6.44. The smallest absolute Gasteiger partial charge is 0.130 e. The lowest BCUT2D eigenvalue weighted by atomic mass is 10.0. The van der Waals surface area contributed by atoms with Gasteiger partial charge in [0.25, 0.3) is 0 Å². The number of H-pyrrole nitrogens is 1. The van der Waals surface area contributed by atoms with Crippen LogP contribution in [0.3, 0.4) is 0 Å². The molecule has 26 heavy (non-hydrogen) atoms. The first-order valence-electron chi connectivity index (χ1n) is 9.26. The Labute approximate surface area is 157 Å². The number of aryl methyl sites for hydroxylation is 1. The van der Waals surface area contributed by atoms with Crippen LogP contribution < -0.4 is 0 Å². The third-order valence-corrected chi connectivity index (χ3v) is 4.55. The molecule has 3 aromatic rings. The molecule has 0 spiro atoms. The Kier molecular flexibility index (Phi) is 5.61. The fourth-order valence-electron chi connectivity index (χ4n) is 3.19. The number of carbonyl (C=O) groups is 1. The molecule has 138 valence electrons. The number of benzene rings is 2. The topological polar surface area (TPSA) is 58.1 Å². The van der Waals surface area contributed by atoms with Crippen LogP contribution in [-0.2, 0) is 24.2 Å². The minimum Gasteiger partial charge on any atom is -0.300 e. The van der Waals surface area contributed by atoms with Crippen LogP contribution in [0, 0.1) is 0 Å². The van der Waals surface area contributed by atoms with Gasteiger partial charge in [-0.2, -0.15) is 5.10 Å². The molecule has 0 bridgehead atoms. The Balaban J connectivity index is 0.000000950. The quantitative estimate of drug-likeness (QED) is 0.693. The summed E-state index contributed by atoms with van der Waals surface area (Å²) < 4.78 is 0. The van der Waals surface area contributed by atoms with Gasteiger partial charge in [0, 0.05) is 33.0 Å². The number of aliphatic imine (C=N–C) groups is 1. The molecule has 0 saturated carbocycles. The van der Waals surface area contributed by atoms with Gasteiger partial charge in [-0.25, -0.2) is 0 Å². The number of nitrogens with zero attached hydrogens (tertiary/aromatic N) is 2. The molecule has 0 aliphatic carbocycles. The van der Waals surface area contributed by atoms with E-state index in [2.05, 4.69) is 45.5 Å². The van der Waals surface area contributed by atoms with Crippen molar-refractivity contribution in [2.24, 2.45) is 4.99 Å². The van der Waals surface area contributed by atoms with Gasteiger partial charge in [-0.1, -0.05) is 32.0 Å². The molecule has 1 aromatic heterocycles. The molecule has 1 aliphatic heterocycles. The zero-order valence-electron chi connectivity index (χ0n) is 15.7. The van der Waals surface area contributed by atoms with Crippen molar-refractivity contribution < 1.29 is 7.65 Å². The van der Waals surface area contributed by atoms with Crippen molar-refractivity contribution in [1.29, 1.82) is 0 Å². The van der Waals surface area contributed by atoms with Gasteiger partial charge < -0.3 is 4.79 Å². The molecule has 2 aromatic carbocycles. The van der Waals surface area contributed by atoms with E-state index in [-0.39, 0.29) is 8.64 Å². The predicted octanol–water partition coefficient (Wildman–Crippen LogP) is 5.13. The summed E-state index contributed by atoms with van der Waals surface area (Å²) in [6, 6.07) is 12.8. The van der Waals surface area contributed by atoms with Crippen LogP contribution in [0.4, 0.5) is 0 Å². The minimum atomic E-state index is 0. The molecule has 0 unspecified atom stereocenters. The Morgan fingerprint density at radius 1 is 1.15 bits per heavy atom. The van der Waals surface area contributed by atoms with Crippen LogP contribution in [0.5, 0.6) is 0 Å². The summed E-state index contributed by atoms with van der Waals surface area (Å²) >= 11 is 0. The minimum absolute atomic E-state index is 0. The summed E-state index contributed by atoms with van der Waals surface area (Å²) in [5, 5.41) is 8.72. The van der Waals surface area contributed by atoms with E-state index in [0.29, 0.717) is 6.42 Å². The first-order chi connectivity index (χ1) is 12.7. The van der Waals surface area contributed by atoms with Gasteiger partial charge in [0.2, 0.25) is 0 Å². The molecule has 1 N–H and O–H groups in total. The van der Waals surface area contributed by atoms with E-state index in [1.54, 1.807) is 6.92 Å². The van der Waals surface area contributed by atoms with E-state index in [1.807, 2.05) is 26.1 Å². The standard InChI is InChI=1S/C20H19N3O.C2H6.2H2/c1-13(24)2-3-14-5-7-19-18(9-14)20(23-22-19)10-15-4-6-16-11-21-12-17(16)8-15;1-2;;/h4-9,12H,2-3,10-11H2,1H3,(H,22,23);1-2H3;2*1H. The lowest BCUT2D eigenvalue weighted by molar-refractivity contribution is -0.116. The maximum absolute atomic E-state index is 11.2. The molecule has 2 heterocycles. The summed E-state index contributed by atoms with van der Waals surface area (Å²) in [5.74, 6) is 0.224. The number of aromatic amines is 1. The first kappa shape index (κ1) is 18.1. The van der Waals surface area contributed by atoms with Crippen LogP contribution >= 0.6 is 0 Å². The maximum atomic E-state index is 11.2. The number of rotatable bonds is 5. The van der Waals surface area contributed by atoms with Crippen LogP contribution in [0.15, 0.2) is 41.4 Å². The number of aromatic nitrogens is 2. The molecule has 0 fully saturated rings. The van der Waals surface area contributed by atoms with Gasteiger partial charge in [-0.3, -0.25) is 10.1 Å². The monoisotopic (exact) mass is 351 g/mol. The highest BCUT2D eigenvalue weighted by molar-refractivity contribution is 5.85. The summed E-state index contributed by atoms with van der Waals surface area (Å²) in [7, 11) is 0. The van der Waals surface area contributed by atoms with Crippen LogP contribution in [-0.4, -0.2) is 22.2 Å². The fraction of sp³-hybridized carbons (Fsp3) is 0.318. The molecule has 0 saturated heterocycles. The normalized spacial score (nSPS) is 12.0. The summed E-state index contributed by atoms with van der Waals surface area (Å²) in [6.07, 6.45) is 4.13. The van der Waals surface area contributed by atoms with Crippen molar-refractivity contribution >= 4 is 22.9 Å².